The van der Waals surface area contributed by atoms with E-state index in [1.54, 1.807) is 12.1 Å². The molecule has 0 bridgehead atoms. The van der Waals surface area contributed by atoms with E-state index >= 15 is 0 Å². The van der Waals surface area contributed by atoms with Crippen molar-refractivity contribution in [3.05, 3.63) is 108 Å². The van der Waals surface area contributed by atoms with E-state index in [1.807, 2.05) is 0 Å². The number of halogens is 1. The standard InChI is InChI=1S/C30H34FN3O/c31-30-27(15-9-21-33-30)16-17-28(35)32-20-8-7-10-24-18-22-34(23-19-24)29(25-11-3-1-4-12-25)26-13-5-2-6-14-26/h1-6,9,11-17,21,24,29H,7-8,10,18-20,22-23H2,(H,32,35)/b17-16-. The summed E-state index contributed by atoms with van der Waals surface area (Å²) in [6.45, 7) is 2.85. The lowest BCUT2D eigenvalue weighted by Gasteiger charge is -2.38. The van der Waals surface area contributed by atoms with Gasteiger partial charge in [-0.05, 0) is 67.6 Å². The molecule has 5 heteroatoms. The van der Waals surface area contributed by atoms with Crippen LogP contribution in [-0.4, -0.2) is 35.4 Å². The molecule has 1 N–H and O–H groups in total. The maximum absolute atomic E-state index is 13.5. The van der Waals surface area contributed by atoms with Crippen molar-refractivity contribution in [2.75, 3.05) is 19.6 Å². The minimum absolute atomic E-state index is 0.200. The van der Waals surface area contributed by atoms with E-state index in [4.69, 9.17) is 0 Å². The molecule has 182 valence electrons. The normalized spacial score (nSPS) is 15.0. The van der Waals surface area contributed by atoms with Crippen LogP contribution in [0.1, 0.15) is 54.8 Å². The van der Waals surface area contributed by atoms with Crippen molar-refractivity contribution in [2.24, 2.45) is 5.92 Å². The lowest BCUT2D eigenvalue weighted by atomic mass is 9.88. The molecule has 35 heavy (non-hydrogen) atoms. The minimum Gasteiger partial charge on any atom is -0.353 e. The number of carbonyl (C=O) groups excluding carboxylic acids is 1. The van der Waals surface area contributed by atoms with Crippen molar-refractivity contribution in [1.82, 2.24) is 15.2 Å². The molecule has 2 heterocycles. The lowest BCUT2D eigenvalue weighted by Crippen LogP contribution is -2.37. The van der Waals surface area contributed by atoms with Crippen LogP contribution < -0.4 is 5.32 Å². The molecule has 3 aromatic rings. The predicted octanol–water partition coefficient (Wildman–Crippen LogP) is 6.02. The number of benzene rings is 2. The van der Waals surface area contributed by atoms with Gasteiger partial charge in [0.05, 0.1) is 6.04 Å². The maximum Gasteiger partial charge on any atom is 0.244 e. The number of rotatable bonds is 10. The number of piperidine rings is 1. The summed E-state index contributed by atoms with van der Waals surface area (Å²) in [7, 11) is 0. The van der Waals surface area contributed by atoms with Crippen LogP contribution in [-0.2, 0) is 4.79 Å². The molecule has 0 spiro atoms. The van der Waals surface area contributed by atoms with Gasteiger partial charge in [0, 0.05) is 24.4 Å². The highest BCUT2D eigenvalue weighted by atomic mass is 19.1. The molecule has 1 fully saturated rings. The zero-order chi connectivity index (χ0) is 24.3. The highest BCUT2D eigenvalue weighted by Crippen LogP contribution is 2.33. The molecular formula is C30H34FN3O. The summed E-state index contributed by atoms with van der Waals surface area (Å²) in [6, 6.07) is 25.2. The summed E-state index contributed by atoms with van der Waals surface area (Å²) in [5.41, 5.74) is 3.03. The largest absolute Gasteiger partial charge is 0.353 e. The topological polar surface area (TPSA) is 45.2 Å². The fraction of sp³-hybridized carbons (Fsp3) is 0.333. The second-order valence-electron chi connectivity index (χ2n) is 9.21. The summed E-state index contributed by atoms with van der Waals surface area (Å²) in [5, 5.41) is 2.89. The molecule has 0 aliphatic carbocycles. The van der Waals surface area contributed by atoms with Crippen molar-refractivity contribution in [2.45, 2.75) is 38.1 Å². The fourth-order valence-corrected chi connectivity index (χ4v) is 4.90. The number of hydrogen-bond acceptors (Lipinski definition) is 3. The SMILES string of the molecule is O=C(/C=C\c1cccnc1F)NCCCCC1CCN(C(c2ccccc2)c2ccccc2)CC1. The highest BCUT2D eigenvalue weighted by Gasteiger charge is 2.27. The van der Waals surface area contributed by atoms with Gasteiger partial charge in [-0.3, -0.25) is 9.69 Å². The number of hydrogen-bond donors (Lipinski definition) is 1. The Morgan fingerprint density at radius 1 is 0.971 bits per heavy atom. The van der Waals surface area contributed by atoms with Crippen molar-refractivity contribution in [3.63, 3.8) is 0 Å². The van der Waals surface area contributed by atoms with Gasteiger partial charge in [-0.25, -0.2) is 4.98 Å². The van der Waals surface area contributed by atoms with E-state index < -0.39 is 5.95 Å². The Balaban J connectivity index is 1.18. The average molecular weight is 472 g/mol. The van der Waals surface area contributed by atoms with Crippen LogP contribution in [0.3, 0.4) is 0 Å². The molecule has 4 nitrogen and oxygen atoms in total. The van der Waals surface area contributed by atoms with Gasteiger partial charge < -0.3 is 5.32 Å². The molecule has 1 aliphatic heterocycles. The first-order valence-corrected chi connectivity index (χ1v) is 12.6. The number of nitrogens with zero attached hydrogens (tertiary/aromatic N) is 2. The number of likely N-dealkylation sites (tertiary alicyclic amines) is 1. The number of unbranched alkanes of at least 4 members (excludes halogenated alkanes) is 1. The van der Waals surface area contributed by atoms with E-state index in [1.165, 1.54) is 48.7 Å². The Morgan fingerprint density at radius 3 is 2.26 bits per heavy atom. The predicted molar refractivity (Wildman–Crippen MR) is 139 cm³/mol. The van der Waals surface area contributed by atoms with Gasteiger partial charge in [0.2, 0.25) is 11.9 Å². The zero-order valence-electron chi connectivity index (χ0n) is 20.2. The Kier molecular flexibility index (Phi) is 9.18. The Bertz CT molecular complexity index is 1040. The first kappa shape index (κ1) is 24.8. The summed E-state index contributed by atoms with van der Waals surface area (Å²) >= 11 is 0. The summed E-state index contributed by atoms with van der Waals surface area (Å²) in [4.78, 5) is 18.2. The highest BCUT2D eigenvalue weighted by molar-refractivity contribution is 5.91. The smallest absolute Gasteiger partial charge is 0.244 e. The molecule has 0 saturated carbocycles. The Labute approximate surface area is 207 Å². The second-order valence-corrected chi connectivity index (χ2v) is 9.21. The van der Waals surface area contributed by atoms with Gasteiger partial charge in [-0.15, -0.1) is 0 Å². The van der Waals surface area contributed by atoms with Gasteiger partial charge in [0.25, 0.3) is 0 Å². The van der Waals surface area contributed by atoms with Gasteiger partial charge in [-0.2, -0.15) is 4.39 Å². The van der Waals surface area contributed by atoms with Gasteiger partial charge in [0.15, 0.2) is 0 Å². The average Bonchev–Trinajstić information content (AvgIpc) is 2.90. The van der Waals surface area contributed by atoms with Crippen LogP contribution in [0.2, 0.25) is 0 Å². The quantitative estimate of drug-likeness (QED) is 0.223. The minimum atomic E-state index is -0.568. The second kappa shape index (κ2) is 13.0. The molecule has 0 atom stereocenters. The monoisotopic (exact) mass is 471 g/mol. The third-order valence-corrected chi connectivity index (χ3v) is 6.79. The molecule has 4 rings (SSSR count). The summed E-state index contributed by atoms with van der Waals surface area (Å²) in [5.74, 6) is -0.0292. The number of carbonyl (C=O) groups is 1. The number of amides is 1. The van der Waals surface area contributed by atoms with Crippen LogP contribution in [0, 0.1) is 11.9 Å². The van der Waals surface area contributed by atoms with Crippen molar-refractivity contribution in [3.8, 4) is 0 Å². The van der Waals surface area contributed by atoms with Crippen LogP contribution in [0.25, 0.3) is 6.08 Å². The number of pyridine rings is 1. The summed E-state index contributed by atoms with van der Waals surface area (Å²) in [6.07, 6.45) is 9.90. The molecular weight excluding hydrogens is 437 g/mol. The molecule has 1 saturated heterocycles. The fourth-order valence-electron chi connectivity index (χ4n) is 4.90. The number of nitrogens with one attached hydrogen (secondary N) is 1. The van der Waals surface area contributed by atoms with Crippen LogP contribution in [0.4, 0.5) is 4.39 Å². The van der Waals surface area contributed by atoms with E-state index in [-0.39, 0.29) is 5.91 Å². The molecule has 0 radical (unpaired) electrons. The Hall–Kier alpha value is -3.31. The zero-order valence-corrected chi connectivity index (χ0v) is 20.2. The first-order chi connectivity index (χ1) is 17.2. The van der Waals surface area contributed by atoms with Crippen LogP contribution in [0.5, 0.6) is 0 Å². The van der Waals surface area contributed by atoms with Gasteiger partial charge >= 0.3 is 0 Å². The lowest BCUT2D eigenvalue weighted by molar-refractivity contribution is -0.116. The van der Waals surface area contributed by atoms with Crippen LogP contribution >= 0.6 is 0 Å². The van der Waals surface area contributed by atoms with Crippen LogP contribution in [0.15, 0.2) is 85.1 Å². The third-order valence-electron chi connectivity index (χ3n) is 6.79. The van der Waals surface area contributed by atoms with Gasteiger partial charge in [0.1, 0.15) is 0 Å². The maximum atomic E-state index is 13.5. The van der Waals surface area contributed by atoms with Crippen molar-refractivity contribution >= 4 is 12.0 Å². The Morgan fingerprint density at radius 2 is 1.63 bits per heavy atom. The van der Waals surface area contributed by atoms with E-state index in [9.17, 15) is 9.18 Å². The molecule has 0 unspecified atom stereocenters. The molecule has 1 amide bonds. The van der Waals surface area contributed by atoms with Crippen molar-refractivity contribution in [1.29, 1.82) is 0 Å². The number of aromatic nitrogens is 1. The first-order valence-electron chi connectivity index (χ1n) is 12.6. The van der Waals surface area contributed by atoms with Crippen molar-refractivity contribution < 1.29 is 9.18 Å². The molecule has 2 aromatic carbocycles. The van der Waals surface area contributed by atoms with E-state index in [2.05, 4.69) is 75.9 Å². The van der Waals surface area contributed by atoms with E-state index in [0.717, 1.165) is 31.8 Å². The van der Waals surface area contributed by atoms with E-state index in [0.29, 0.717) is 18.2 Å². The molecule has 1 aliphatic rings. The summed E-state index contributed by atoms with van der Waals surface area (Å²) < 4.78 is 13.5. The van der Waals surface area contributed by atoms with Gasteiger partial charge in [-0.1, -0.05) is 73.5 Å². The third kappa shape index (κ3) is 7.33. The molecule has 1 aromatic heterocycles.